The lowest BCUT2D eigenvalue weighted by Gasteiger charge is -2.14. The van der Waals surface area contributed by atoms with Gasteiger partial charge in [0.25, 0.3) is 0 Å². The van der Waals surface area contributed by atoms with E-state index >= 15 is 0 Å². The second-order valence-corrected chi connectivity index (χ2v) is 4.91. The highest BCUT2D eigenvalue weighted by molar-refractivity contribution is 5.27. The Kier molecular flexibility index (Phi) is 4.58. The Morgan fingerprint density at radius 1 is 1.28 bits per heavy atom. The number of ether oxygens (including phenoxy) is 1. The number of likely N-dealkylation sites (tertiary alicyclic amines) is 1. The van der Waals surface area contributed by atoms with Crippen LogP contribution in [0.2, 0.25) is 0 Å². The van der Waals surface area contributed by atoms with Gasteiger partial charge in [-0.25, -0.2) is 0 Å². The van der Waals surface area contributed by atoms with Gasteiger partial charge in [0, 0.05) is 19.6 Å². The van der Waals surface area contributed by atoms with Crippen molar-refractivity contribution < 1.29 is 14.9 Å². The third-order valence-electron chi connectivity index (χ3n) is 3.21. The highest BCUT2D eigenvalue weighted by Crippen LogP contribution is 2.13. The molecule has 0 spiro atoms. The van der Waals surface area contributed by atoms with Crippen LogP contribution in [-0.4, -0.2) is 53.6 Å². The summed E-state index contributed by atoms with van der Waals surface area (Å²) in [5, 5.41) is 18.8. The number of aliphatic hydroxyl groups excluding tert-OH is 2. The zero-order valence-corrected chi connectivity index (χ0v) is 10.7. The molecular formula is C14H21NO3. The van der Waals surface area contributed by atoms with Crippen LogP contribution in [-0.2, 0) is 0 Å². The maximum atomic E-state index is 9.41. The third-order valence-corrected chi connectivity index (χ3v) is 3.21. The molecule has 2 N–H and O–H groups in total. The standard InChI is InChI=1S/C14H21NO3/c1-11-4-2-5-12(8-11)18-7-3-6-15-9-13(16)14(17)10-15/h2,4-5,8,13-14,16-17H,3,6-7,9-10H2,1H3/t13-,14+. The van der Waals surface area contributed by atoms with Crippen molar-refractivity contribution in [3.8, 4) is 5.75 Å². The van der Waals surface area contributed by atoms with E-state index in [1.54, 1.807) is 0 Å². The van der Waals surface area contributed by atoms with Gasteiger partial charge in [0.05, 0.1) is 18.8 Å². The van der Waals surface area contributed by atoms with Crippen molar-refractivity contribution in [3.05, 3.63) is 29.8 Å². The van der Waals surface area contributed by atoms with Crippen LogP contribution in [0, 0.1) is 6.92 Å². The van der Waals surface area contributed by atoms with E-state index in [1.165, 1.54) is 5.56 Å². The van der Waals surface area contributed by atoms with E-state index in [0.29, 0.717) is 19.7 Å². The summed E-state index contributed by atoms with van der Waals surface area (Å²) in [6.07, 6.45) is -0.293. The minimum Gasteiger partial charge on any atom is -0.494 e. The fraction of sp³-hybridized carbons (Fsp3) is 0.571. The third kappa shape index (κ3) is 3.70. The Hall–Kier alpha value is -1.10. The topological polar surface area (TPSA) is 52.9 Å². The summed E-state index contributed by atoms with van der Waals surface area (Å²) in [6, 6.07) is 8.00. The van der Waals surface area contributed by atoms with Gasteiger partial charge in [0.15, 0.2) is 0 Å². The van der Waals surface area contributed by atoms with Crippen molar-refractivity contribution in [2.75, 3.05) is 26.2 Å². The van der Waals surface area contributed by atoms with Crippen molar-refractivity contribution in [2.24, 2.45) is 0 Å². The minimum absolute atomic E-state index is 0.561. The molecule has 1 fully saturated rings. The SMILES string of the molecule is Cc1cccc(OCCCN2C[C@@H](O)[C@@H](O)C2)c1. The molecule has 0 amide bonds. The van der Waals surface area contributed by atoms with Gasteiger partial charge in [-0.2, -0.15) is 0 Å². The number of hydrogen-bond donors (Lipinski definition) is 2. The quantitative estimate of drug-likeness (QED) is 0.760. The smallest absolute Gasteiger partial charge is 0.119 e. The lowest BCUT2D eigenvalue weighted by molar-refractivity contribution is 0.0572. The van der Waals surface area contributed by atoms with Crippen LogP contribution >= 0.6 is 0 Å². The number of hydrogen-bond acceptors (Lipinski definition) is 4. The molecule has 0 unspecified atom stereocenters. The number of rotatable bonds is 5. The summed E-state index contributed by atoms with van der Waals surface area (Å²) in [5.74, 6) is 0.900. The monoisotopic (exact) mass is 251 g/mol. The molecule has 1 aliphatic heterocycles. The minimum atomic E-state index is -0.595. The molecule has 0 bridgehead atoms. The van der Waals surface area contributed by atoms with Crippen LogP contribution in [0.25, 0.3) is 0 Å². The fourth-order valence-corrected chi connectivity index (χ4v) is 2.21. The number of aryl methyl sites for hydroxylation is 1. The molecule has 4 heteroatoms. The lowest BCUT2D eigenvalue weighted by atomic mass is 10.2. The first-order chi connectivity index (χ1) is 8.65. The van der Waals surface area contributed by atoms with Gasteiger partial charge in [-0.3, -0.25) is 4.90 Å². The van der Waals surface area contributed by atoms with E-state index in [4.69, 9.17) is 4.74 Å². The maximum absolute atomic E-state index is 9.41. The van der Waals surface area contributed by atoms with Gasteiger partial charge in [0.1, 0.15) is 5.75 Å². The van der Waals surface area contributed by atoms with Crippen LogP contribution in [0.3, 0.4) is 0 Å². The predicted molar refractivity (Wildman–Crippen MR) is 69.7 cm³/mol. The van der Waals surface area contributed by atoms with E-state index in [9.17, 15) is 10.2 Å². The van der Waals surface area contributed by atoms with Gasteiger partial charge in [-0.1, -0.05) is 12.1 Å². The van der Waals surface area contributed by atoms with E-state index in [2.05, 4.69) is 4.90 Å². The van der Waals surface area contributed by atoms with Gasteiger partial charge < -0.3 is 14.9 Å². The van der Waals surface area contributed by atoms with Crippen molar-refractivity contribution in [1.82, 2.24) is 4.90 Å². The molecular weight excluding hydrogens is 230 g/mol. The van der Waals surface area contributed by atoms with E-state index in [-0.39, 0.29) is 0 Å². The van der Waals surface area contributed by atoms with E-state index < -0.39 is 12.2 Å². The summed E-state index contributed by atoms with van der Waals surface area (Å²) >= 11 is 0. The summed E-state index contributed by atoms with van der Waals surface area (Å²) in [7, 11) is 0. The first-order valence-electron chi connectivity index (χ1n) is 6.43. The normalized spacial score (nSPS) is 24.4. The fourth-order valence-electron chi connectivity index (χ4n) is 2.21. The first kappa shape index (κ1) is 13.3. The zero-order valence-electron chi connectivity index (χ0n) is 10.7. The van der Waals surface area contributed by atoms with Gasteiger partial charge in [0.2, 0.25) is 0 Å². The summed E-state index contributed by atoms with van der Waals surface area (Å²) in [4.78, 5) is 2.06. The Labute approximate surface area is 108 Å². The number of β-amino-alcohol motifs (C(OH)–C–C–N with tert-alkyl or cyclic N) is 2. The maximum Gasteiger partial charge on any atom is 0.119 e. The average molecular weight is 251 g/mol. The van der Waals surface area contributed by atoms with E-state index in [1.807, 2.05) is 31.2 Å². The number of nitrogens with zero attached hydrogens (tertiary/aromatic N) is 1. The highest BCUT2D eigenvalue weighted by atomic mass is 16.5. The van der Waals surface area contributed by atoms with Gasteiger partial charge >= 0.3 is 0 Å². The molecule has 1 aromatic rings. The Bertz CT molecular complexity index is 373. The first-order valence-corrected chi connectivity index (χ1v) is 6.43. The van der Waals surface area contributed by atoms with Crippen molar-refractivity contribution >= 4 is 0 Å². The van der Waals surface area contributed by atoms with E-state index in [0.717, 1.165) is 18.7 Å². The van der Waals surface area contributed by atoms with Crippen LogP contribution < -0.4 is 4.74 Å². The van der Waals surface area contributed by atoms with Crippen LogP contribution in [0.5, 0.6) is 5.75 Å². The molecule has 0 saturated carbocycles. The van der Waals surface area contributed by atoms with Crippen LogP contribution in [0.15, 0.2) is 24.3 Å². The molecule has 2 rings (SSSR count). The summed E-state index contributed by atoms with van der Waals surface area (Å²) in [5.41, 5.74) is 1.19. The van der Waals surface area contributed by atoms with Crippen molar-refractivity contribution in [3.63, 3.8) is 0 Å². The Morgan fingerprint density at radius 3 is 2.67 bits per heavy atom. The van der Waals surface area contributed by atoms with Crippen molar-refractivity contribution in [2.45, 2.75) is 25.6 Å². The van der Waals surface area contributed by atoms with Crippen molar-refractivity contribution in [1.29, 1.82) is 0 Å². The molecule has 0 aliphatic carbocycles. The summed E-state index contributed by atoms with van der Waals surface area (Å²) in [6.45, 7) is 4.67. The zero-order chi connectivity index (χ0) is 13.0. The molecule has 4 nitrogen and oxygen atoms in total. The number of benzene rings is 1. The molecule has 0 aromatic heterocycles. The Morgan fingerprint density at radius 2 is 2.00 bits per heavy atom. The molecule has 1 heterocycles. The Balaban J connectivity index is 1.65. The molecule has 2 atom stereocenters. The van der Waals surface area contributed by atoms with Gasteiger partial charge in [-0.15, -0.1) is 0 Å². The molecule has 100 valence electrons. The summed E-state index contributed by atoms with van der Waals surface area (Å²) < 4.78 is 5.65. The predicted octanol–water partition coefficient (Wildman–Crippen LogP) is 0.801. The molecule has 0 radical (unpaired) electrons. The molecule has 18 heavy (non-hydrogen) atoms. The largest absolute Gasteiger partial charge is 0.494 e. The molecule has 1 aliphatic rings. The second-order valence-electron chi connectivity index (χ2n) is 4.91. The van der Waals surface area contributed by atoms with Crippen LogP contribution in [0.1, 0.15) is 12.0 Å². The second kappa shape index (κ2) is 6.18. The van der Waals surface area contributed by atoms with Gasteiger partial charge in [-0.05, 0) is 31.0 Å². The lowest BCUT2D eigenvalue weighted by Crippen LogP contribution is -2.24. The average Bonchev–Trinajstić information content (AvgIpc) is 2.65. The highest BCUT2D eigenvalue weighted by Gasteiger charge is 2.28. The van der Waals surface area contributed by atoms with Crippen LogP contribution in [0.4, 0.5) is 0 Å². The number of aliphatic hydroxyl groups is 2. The molecule has 1 saturated heterocycles. The molecule has 1 aromatic carbocycles.